The van der Waals surface area contributed by atoms with E-state index in [1.165, 1.54) is 12.1 Å². The van der Waals surface area contributed by atoms with Gasteiger partial charge in [0.15, 0.2) is 0 Å². The van der Waals surface area contributed by atoms with Crippen LogP contribution in [0.2, 0.25) is 0 Å². The lowest BCUT2D eigenvalue weighted by Gasteiger charge is -2.38. The molecular weight excluding hydrogens is 321 g/mol. The molecule has 0 bridgehead atoms. The zero-order chi connectivity index (χ0) is 18.0. The Morgan fingerprint density at radius 2 is 1.84 bits per heavy atom. The van der Waals surface area contributed by atoms with Crippen molar-refractivity contribution in [3.63, 3.8) is 0 Å². The fourth-order valence-corrected chi connectivity index (χ4v) is 2.86. The summed E-state index contributed by atoms with van der Waals surface area (Å²) in [7, 11) is 0. The molecule has 0 fully saturated rings. The molecule has 0 radical (unpaired) electrons. The third kappa shape index (κ3) is 3.82. The SMILES string of the molecule is CC1(C)COc2cc(/C=C/c3ccc(F)cc3)ccc2C1OC(N)=O. The lowest BCUT2D eigenvalue weighted by Crippen LogP contribution is -2.37. The number of carbonyl (C=O) groups excluding carboxylic acids is 1. The number of fused-ring (bicyclic) bond motifs is 1. The predicted molar refractivity (Wildman–Crippen MR) is 94.5 cm³/mol. The molecule has 1 atom stereocenters. The van der Waals surface area contributed by atoms with Gasteiger partial charge in [-0.1, -0.05) is 50.3 Å². The molecule has 0 aliphatic carbocycles. The Labute approximate surface area is 146 Å². The number of primary amides is 1. The summed E-state index contributed by atoms with van der Waals surface area (Å²) >= 11 is 0. The average molecular weight is 341 g/mol. The smallest absolute Gasteiger partial charge is 0.405 e. The molecule has 1 amide bonds. The van der Waals surface area contributed by atoms with Crippen LogP contribution in [0.15, 0.2) is 42.5 Å². The van der Waals surface area contributed by atoms with Gasteiger partial charge in [-0.25, -0.2) is 9.18 Å². The van der Waals surface area contributed by atoms with Crippen molar-refractivity contribution in [2.45, 2.75) is 20.0 Å². The van der Waals surface area contributed by atoms with E-state index in [9.17, 15) is 9.18 Å². The predicted octanol–water partition coefficient (Wildman–Crippen LogP) is 4.55. The molecule has 0 aromatic heterocycles. The summed E-state index contributed by atoms with van der Waals surface area (Å²) in [5, 5.41) is 0. The largest absolute Gasteiger partial charge is 0.492 e. The molecule has 130 valence electrons. The highest BCUT2D eigenvalue weighted by molar-refractivity contribution is 5.71. The first-order chi connectivity index (χ1) is 11.8. The van der Waals surface area contributed by atoms with Crippen molar-refractivity contribution in [3.05, 3.63) is 65.0 Å². The first-order valence-corrected chi connectivity index (χ1v) is 8.02. The first-order valence-electron chi connectivity index (χ1n) is 8.02. The Kier molecular flexibility index (Phi) is 4.49. The number of halogens is 1. The summed E-state index contributed by atoms with van der Waals surface area (Å²) in [6.45, 7) is 4.35. The number of amides is 1. The molecule has 1 aliphatic heterocycles. The van der Waals surface area contributed by atoms with Crippen molar-refractivity contribution in [2.24, 2.45) is 11.1 Å². The van der Waals surface area contributed by atoms with Gasteiger partial charge in [0.05, 0.1) is 6.61 Å². The minimum atomic E-state index is -0.800. The lowest BCUT2D eigenvalue weighted by atomic mass is 9.81. The van der Waals surface area contributed by atoms with Crippen LogP contribution < -0.4 is 10.5 Å². The van der Waals surface area contributed by atoms with Gasteiger partial charge >= 0.3 is 6.09 Å². The van der Waals surface area contributed by atoms with Crippen LogP contribution in [-0.4, -0.2) is 12.7 Å². The van der Waals surface area contributed by atoms with Gasteiger partial charge in [-0.15, -0.1) is 0 Å². The minimum absolute atomic E-state index is 0.262. The molecule has 1 unspecified atom stereocenters. The normalized spacial score (nSPS) is 18.4. The van der Waals surface area contributed by atoms with E-state index in [1.807, 2.05) is 44.2 Å². The second-order valence-electron chi connectivity index (χ2n) is 6.78. The van der Waals surface area contributed by atoms with Gasteiger partial charge in [-0.3, -0.25) is 0 Å². The van der Waals surface area contributed by atoms with Crippen LogP contribution in [0.25, 0.3) is 12.2 Å². The second-order valence-corrected chi connectivity index (χ2v) is 6.78. The Hall–Kier alpha value is -2.82. The minimum Gasteiger partial charge on any atom is -0.492 e. The maximum Gasteiger partial charge on any atom is 0.405 e. The molecule has 25 heavy (non-hydrogen) atoms. The van der Waals surface area contributed by atoms with Crippen molar-refractivity contribution in [1.82, 2.24) is 0 Å². The van der Waals surface area contributed by atoms with Crippen LogP contribution >= 0.6 is 0 Å². The quantitative estimate of drug-likeness (QED) is 0.833. The highest BCUT2D eigenvalue weighted by Gasteiger charge is 2.40. The molecular formula is C20H20FNO3. The molecule has 2 aromatic carbocycles. The Balaban J connectivity index is 1.87. The van der Waals surface area contributed by atoms with Crippen molar-refractivity contribution in [2.75, 3.05) is 6.61 Å². The fraction of sp³-hybridized carbons (Fsp3) is 0.250. The van der Waals surface area contributed by atoms with E-state index in [-0.39, 0.29) is 11.2 Å². The van der Waals surface area contributed by atoms with Gasteiger partial charge in [0.1, 0.15) is 17.7 Å². The highest BCUT2D eigenvalue weighted by Crippen LogP contribution is 2.45. The Bertz CT molecular complexity index is 812. The monoisotopic (exact) mass is 341 g/mol. The summed E-state index contributed by atoms with van der Waals surface area (Å²) in [6, 6.07) is 11.9. The summed E-state index contributed by atoms with van der Waals surface area (Å²) in [5.74, 6) is 0.411. The summed E-state index contributed by atoms with van der Waals surface area (Å²) in [6.07, 6.45) is 2.56. The van der Waals surface area contributed by atoms with Crippen LogP contribution in [0.5, 0.6) is 5.75 Å². The first kappa shape index (κ1) is 17.0. The summed E-state index contributed by atoms with van der Waals surface area (Å²) < 4.78 is 24.1. The van der Waals surface area contributed by atoms with Crippen LogP contribution in [0.4, 0.5) is 9.18 Å². The van der Waals surface area contributed by atoms with Crippen molar-refractivity contribution < 1.29 is 18.7 Å². The molecule has 0 saturated heterocycles. The number of hydrogen-bond donors (Lipinski definition) is 1. The zero-order valence-corrected chi connectivity index (χ0v) is 14.2. The number of nitrogens with two attached hydrogens (primary N) is 1. The summed E-state index contributed by atoms with van der Waals surface area (Å²) in [4.78, 5) is 11.2. The number of hydrogen-bond acceptors (Lipinski definition) is 3. The third-order valence-electron chi connectivity index (χ3n) is 4.20. The van der Waals surface area contributed by atoms with Crippen molar-refractivity contribution in [1.29, 1.82) is 0 Å². The van der Waals surface area contributed by atoms with Crippen LogP contribution in [0.3, 0.4) is 0 Å². The van der Waals surface area contributed by atoms with Gasteiger partial charge in [-0.05, 0) is 29.3 Å². The highest BCUT2D eigenvalue weighted by atomic mass is 19.1. The van der Waals surface area contributed by atoms with E-state index in [2.05, 4.69) is 0 Å². The molecule has 2 aromatic rings. The van der Waals surface area contributed by atoms with E-state index >= 15 is 0 Å². The molecule has 0 saturated carbocycles. The van der Waals surface area contributed by atoms with Crippen LogP contribution in [0.1, 0.15) is 36.6 Å². The maximum atomic E-state index is 12.9. The third-order valence-corrected chi connectivity index (χ3v) is 4.20. The van der Waals surface area contributed by atoms with Gasteiger partial charge in [0.2, 0.25) is 0 Å². The second kappa shape index (κ2) is 6.59. The van der Waals surface area contributed by atoms with E-state index in [1.54, 1.807) is 12.1 Å². The molecule has 3 rings (SSSR count). The molecule has 1 heterocycles. The van der Waals surface area contributed by atoms with Gasteiger partial charge < -0.3 is 15.2 Å². The van der Waals surface area contributed by atoms with Crippen LogP contribution in [0, 0.1) is 11.2 Å². The molecule has 0 spiro atoms. The number of rotatable bonds is 3. The topological polar surface area (TPSA) is 61.6 Å². The van der Waals surface area contributed by atoms with Crippen molar-refractivity contribution >= 4 is 18.2 Å². The van der Waals surface area contributed by atoms with E-state index in [0.29, 0.717) is 12.4 Å². The fourth-order valence-electron chi connectivity index (χ4n) is 2.86. The number of benzene rings is 2. The Morgan fingerprint density at radius 3 is 2.52 bits per heavy atom. The maximum absolute atomic E-state index is 12.9. The van der Waals surface area contributed by atoms with E-state index in [0.717, 1.165) is 16.7 Å². The Morgan fingerprint density at radius 1 is 1.20 bits per heavy atom. The number of ether oxygens (including phenoxy) is 2. The molecule has 2 N–H and O–H groups in total. The van der Waals surface area contributed by atoms with E-state index in [4.69, 9.17) is 15.2 Å². The van der Waals surface area contributed by atoms with Crippen LogP contribution in [-0.2, 0) is 4.74 Å². The zero-order valence-electron chi connectivity index (χ0n) is 14.2. The van der Waals surface area contributed by atoms with Gasteiger partial charge in [-0.2, -0.15) is 0 Å². The van der Waals surface area contributed by atoms with E-state index < -0.39 is 12.2 Å². The molecule has 1 aliphatic rings. The number of carbonyl (C=O) groups is 1. The standard InChI is InChI=1S/C20H20FNO3/c1-20(2)12-24-17-11-14(4-3-13-5-8-15(21)9-6-13)7-10-16(17)18(20)25-19(22)23/h3-11,18H,12H2,1-2H3,(H2,22,23)/b4-3+. The van der Waals surface area contributed by atoms with Gasteiger partial charge in [0.25, 0.3) is 0 Å². The summed E-state index contributed by atoms with van der Waals surface area (Å²) in [5.41, 5.74) is 7.48. The average Bonchev–Trinajstić information content (AvgIpc) is 2.57. The molecule has 4 nitrogen and oxygen atoms in total. The lowest BCUT2D eigenvalue weighted by molar-refractivity contribution is -0.0176. The molecule has 5 heteroatoms. The van der Waals surface area contributed by atoms with Gasteiger partial charge in [0, 0.05) is 11.0 Å². The van der Waals surface area contributed by atoms with Crippen molar-refractivity contribution in [3.8, 4) is 5.75 Å².